The van der Waals surface area contributed by atoms with Crippen LogP contribution in [0.3, 0.4) is 0 Å². The molecule has 0 unspecified atom stereocenters. The van der Waals surface area contributed by atoms with Crippen LogP contribution >= 0.6 is 23.8 Å². The maximum absolute atomic E-state index is 13.9. The van der Waals surface area contributed by atoms with E-state index in [2.05, 4.69) is 15.8 Å². The van der Waals surface area contributed by atoms with E-state index in [1.807, 2.05) is 0 Å². The molecule has 2 aromatic rings. The summed E-state index contributed by atoms with van der Waals surface area (Å²) in [6, 6.07) is 8.36. The van der Waals surface area contributed by atoms with E-state index in [0.717, 1.165) is 6.07 Å². The van der Waals surface area contributed by atoms with Crippen molar-refractivity contribution in [2.45, 2.75) is 11.8 Å². The highest BCUT2D eigenvalue weighted by Crippen LogP contribution is 2.33. The lowest BCUT2D eigenvalue weighted by Crippen LogP contribution is -2.32. The highest BCUT2D eigenvalue weighted by Gasteiger charge is 2.34. The number of carbonyl (C=O) groups excluding carboxylic acids is 1. The van der Waals surface area contributed by atoms with Crippen molar-refractivity contribution in [1.29, 1.82) is 0 Å². The largest absolute Gasteiger partial charge is 0.330 e. The van der Waals surface area contributed by atoms with Crippen LogP contribution < -0.4 is 20.8 Å². The number of benzene rings is 2. The fourth-order valence-corrected chi connectivity index (χ4v) is 3.81. The molecule has 0 spiro atoms. The number of fused-ring (bicyclic) bond motifs is 1. The first-order valence-electron chi connectivity index (χ1n) is 8.21. The predicted molar refractivity (Wildman–Crippen MR) is 113 cm³/mol. The van der Waals surface area contributed by atoms with Crippen LogP contribution in [0.25, 0.3) is 0 Å². The van der Waals surface area contributed by atoms with Crippen molar-refractivity contribution in [3.63, 3.8) is 0 Å². The second-order valence-electron chi connectivity index (χ2n) is 5.90. The maximum atomic E-state index is 13.9. The van der Waals surface area contributed by atoms with Gasteiger partial charge in [-0.1, -0.05) is 23.7 Å². The fraction of sp³-hybridized carbons (Fsp3) is 0.118. The number of primary sulfonamides is 1. The molecule has 0 bridgehead atoms. The van der Waals surface area contributed by atoms with E-state index in [0.29, 0.717) is 12.2 Å². The summed E-state index contributed by atoms with van der Waals surface area (Å²) in [6.45, 7) is 2.09. The lowest BCUT2D eigenvalue weighted by Gasteiger charge is -2.13. The number of thiocarbonyl (C=S) groups is 1. The Hall–Kier alpha value is -2.60. The number of hydrogen-bond acceptors (Lipinski definition) is 5. The number of nitrogens with one attached hydrogen (secondary N) is 2. The molecular formula is C17H15ClFN5O3S2. The van der Waals surface area contributed by atoms with Gasteiger partial charge in [-0.2, -0.15) is 5.10 Å². The zero-order chi connectivity index (χ0) is 21.3. The average molecular weight is 456 g/mol. The summed E-state index contributed by atoms with van der Waals surface area (Å²) in [5.74, 6) is -1.14. The van der Waals surface area contributed by atoms with Gasteiger partial charge in [0.2, 0.25) is 10.0 Å². The summed E-state index contributed by atoms with van der Waals surface area (Å²) in [4.78, 5) is 13.8. The van der Waals surface area contributed by atoms with Crippen molar-refractivity contribution >= 4 is 61.9 Å². The highest BCUT2D eigenvalue weighted by atomic mass is 35.5. The number of carbonyl (C=O) groups is 1. The molecule has 8 nitrogen and oxygen atoms in total. The van der Waals surface area contributed by atoms with Crippen LogP contribution in [0, 0.1) is 5.82 Å². The number of nitrogens with zero attached hydrogens (tertiary/aromatic N) is 2. The highest BCUT2D eigenvalue weighted by molar-refractivity contribution is 7.89. The first-order valence-corrected chi connectivity index (χ1v) is 10.5. The molecule has 0 fully saturated rings. The minimum Gasteiger partial charge on any atom is -0.330 e. The molecule has 4 N–H and O–H groups in total. The smallest absolute Gasteiger partial charge is 0.279 e. The Kier molecular flexibility index (Phi) is 5.85. The number of nitrogens with two attached hydrogens (primary N) is 1. The zero-order valence-corrected chi connectivity index (χ0v) is 17.3. The Morgan fingerprint density at radius 1 is 1.34 bits per heavy atom. The van der Waals surface area contributed by atoms with Crippen LogP contribution in [-0.2, 0) is 14.8 Å². The van der Waals surface area contributed by atoms with Crippen LogP contribution in [0.2, 0.25) is 5.02 Å². The summed E-state index contributed by atoms with van der Waals surface area (Å²) < 4.78 is 37.2. The molecule has 2 aromatic carbocycles. The van der Waals surface area contributed by atoms with Crippen LogP contribution in [0.15, 0.2) is 46.4 Å². The molecule has 0 saturated carbocycles. The molecule has 1 aliphatic heterocycles. The van der Waals surface area contributed by atoms with E-state index >= 15 is 0 Å². The van der Waals surface area contributed by atoms with Crippen LogP contribution in [0.1, 0.15) is 12.5 Å². The molecule has 1 amide bonds. The third-order valence-electron chi connectivity index (χ3n) is 4.06. The Balaban J connectivity index is 1.87. The second-order valence-corrected chi connectivity index (χ2v) is 8.25. The van der Waals surface area contributed by atoms with Gasteiger partial charge in [-0.25, -0.2) is 17.9 Å². The number of sulfonamides is 1. The minimum absolute atomic E-state index is 0.0544. The molecule has 3 rings (SSSR count). The second kappa shape index (κ2) is 8.03. The predicted octanol–water partition coefficient (Wildman–Crippen LogP) is 2.18. The third kappa shape index (κ3) is 4.22. The first-order chi connectivity index (χ1) is 13.6. The van der Waals surface area contributed by atoms with Gasteiger partial charge in [0.1, 0.15) is 10.7 Å². The average Bonchev–Trinajstić information content (AvgIpc) is 2.90. The van der Waals surface area contributed by atoms with Crippen molar-refractivity contribution in [2.24, 2.45) is 10.2 Å². The molecular weight excluding hydrogens is 441 g/mol. The Labute approximate surface area is 176 Å². The molecule has 1 heterocycles. The van der Waals surface area contributed by atoms with Gasteiger partial charge in [0, 0.05) is 12.1 Å². The molecule has 152 valence electrons. The molecule has 0 aromatic heterocycles. The van der Waals surface area contributed by atoms with Crippen molar-refractivity contribution in [1.82, 2.24) is 5.43 Å². The van der Waals surface area contributed by atoms with E-state index in [9.17, 15) is 17.6 Å². The van der Waals surface area contributed by atoms with Crippen molar-refractivity contribution in [3.05, 3.63) is 52.8 Å². The van der Waals surface area contributed by atoms with Gasteiger partial charge in [0.05, 0.1) is 16.4 Å². The lowest BCUT2D eigenvalue weighted by atomic mass is 10.1. The number of hydrogen-bond donors (Lipinski definition) is 3. The molecule has 29 heavy (non-hydrogen) atoms. The van der Waals surface area contributed by atoms with Crippen molar-refractivity contribution in [2.75, 3.05) is 16.8 Å². The number of anilines is 2. The van der Waals surface area contributed by atoms with Gasteiger partial charge in [-0.15, -0.1) is 0 Å². The van der Waals surface area contributed by atoms with Gasteiger partial charge in [0.25, 0.3) is 5.91 Å². The number of hydrazone groups is 1. The number of amides is 1. The number of rotatable bonds is 4. The summed E-state index contributed by atoms with van der Waals surface area (Å²) in [6.07, 6.45) is 0. The number of likely N-dealkylation sites (N-methyl/N-ethyl adjacent to an activating group) is 1. The molecule has 12 heteroatoms. The molecule has 1 aliphatic rings. The van der Waals surface area contributed by atoms with Gasteiger partial charge in [-0.3, -0.25) is 10.2 Å². The molecule has 0 saturated heterocycles. The molecule has 0 atom stereocenters. The number of para-hydroxylation sites is 1. The van der Waals surface area contributed by atoms with Crippen LogP contribution in [-0.4, -0.2) is 31.7 Å². The van der Waals surface area contributed by atoms with E-state index in [-0.39, 0.29) is 32.0 Å². The maximum Gasteiger partial charge on any atom is 0.279 e. The summed E-state index contributed by atoms with van der Waals surface area (Å²) in [7, 11) is -3.98. The topological polar surface area (TPSA) is 117 Å². The third-order valence-corrected chi connectivity index (χ3v) is 5.51. The Morgan fingerprint density at radius 2 is 2.03 bits per heavy atom. The van der Waals surface area contributed by atoms with E-state index < -0.39 is 21.7 Å². The monoisotopic (exact) mass is 455 g/mol. The van der Waals surface area contributed by atoms with Crippen molar-refractivity contribution in [3.8, 4) is 0 Å². The van der Waals surface area contributed by atoms with E-state index in [1.165, 1.54) is 29.2 Å². The van der Waals surface area contributed by atoms with Gasteiger partial charge < -0.3 is 10.2 Å². The van der Waals surface area contributed by atoms with Gasteiger partial charge >= 0.3 is 0 Å². The zero-order valence-electron chi connectivity index (χ0n) is 14.9. The Bertz CT molecular complexity index is 1150. The van der Waals surface area contributed by atoms with Gasteiger partial charge in [0.15, 0.2) is 10.8 Å². The summed E-state index contributed by atoms with van der Waals surface area (Å²) >= 11 is 10.9. The van der Waals surface area contributed by atoms with Crippen molar-refractivity contribution < 1.29 is 17.6 Å². The van der Waals surface area contributed by atoms with Gasteiger partial charge in [-0.05, 0) is 43.4 Å². The van der Waals surface area contributed by atoms with Crippen LogP contribution in [0.5, 0.6) is 0 Å². The summed E-state index contributed by atoms with van der Waals surface area (Å²) in [5, 5.41) is 11.6. The standard InChI is InChI=1S/C17H15ClFN5O3S2/c1-2-24-13-8-10(18)11(19)7-9(13)15(16(24)25)22-23-17(28)21-12-5-3-4-6-14(12)29(20,26)27/h3-8H,2H2,1H3,(H2,20,26,27)(H2,21,23,28). The molecule has 0 radical (unpaired) electrons. The molecule has 0 aliphatic carbocycles. The Morgan fingerprint density at radius 3 is 2.69 bits per heavy atom. The summed E-state index contributed by atoms with van der Waals surface area (Å²) in [5.41, 5.74) is 3.25. The first kappa shape index (κ1) is 21.1. The normalized spacial score (nSPS) is 14.8. The lowest BCUT2D eigenvalue weighted by molar-refractivity contribution is -0.112. The van der Waals surface area contributed by atoms with E-state index in [4.69, 9.17) is 29.0 Å². The SMILES string of the molecule is CCN1C(=O)C(=NNC(=S)Nc2ccccc2S(N)(=O)=O)c2cc(F)c(Cl)cc21. The van der Waals surface area contributed by atoms with Crippen LogP contribution in [0.4, 0.5) is 15.8 Å². The fourth-order valence-electron chi connectivity index (χ4n) is 2.80. The number of halogens is 2. The minimum atomic E-state index is -3.98. The van der Waals surface area contributed by atoms with E-state index in [1.54, 1.807) is 13.0 Å². The quantitative estimate of drug-likeness (QED) is 0.480.